The van der Waals surface area contributed by atoms with Crippen molar-refractivity contribution in [3.8, 4) is 5.75 Å². The summed E-state index contributed by atoms with van der Waals surface area (Å²) in [4.78, 5) is 23.7. The normalized spacial score (nSPS) is 21.2. The van der Waals surface area contributed by atoms with Gasteiger partial charge in [0.25, 0.3) is 11.5 Å². The fourth-order valence-corrected chi connectivity index (χ4v) is 3.50. The lowest BCUT2D eigenvalue weighted by atomic mass is 9.82. The molecule has 1 fully saturated rings. The lowest BCUT2D eigenvalue weighted by Crippen LogP contribution is -2.48. The van der Waals surface area contributed by atoms with Crippen LogP contribution < -0.4 is 15.6 Å². The van der Waals surface area contributed by atoms with E-state index in [0.717, 1.165) is 24.2 Å². The Morgan fingerprint density at radius 3 is 2.76 bits per heavy atom. The monoisotopic (exact) mass is 341 g/mol. The highest BCUT2D eigenvalue weighted by Crippen LogP contribution is 2.43. The van der Waals surface area contributed by atoms with Crippen molar-refractivity contribution in [2.45, 2.75) is 30.9 Å². The number of aromatic nitrogens is 2. The van der Waals surface area contributed by atoms with Gasteiger partial charge in [0, 0.05) is 30.9 Å². The van der Waals surface area contributed by atoms with E-state index in [9.17, 15) is 9.59 Å². The van der Waals surface area contributed by atoms with Crippen LogP contribution >= 0.6 is 0 Å². The van der Waals surface area contributed by atoms with Crippen LogP contribution in [0.15, 0.2) is 41.2 Å². The third kappa shape index (κ3) is 3.15. The van der Waals surface area contributed by atoms with Gasteiger partial charge in [-0.2, -0.15) is 5.10 Å². The van der Waals surface area contributed by atoms with E-state index in [1.165, 1.54) is 12.1 Å². The highest BCUT2D eigenvalue weighted by molar-refractivity contribution is 5.92. The van der Waals surface area contributed by atoms with Gasteiger partial charge in [0.15, 0.2) is 0 Å². The Kier molecular flexibility index (Phi) is 4.01. The minimum Gasteiger partial charge on any atom is -0.487 e. The largest absolute Gasteiger partial charge is 0.487 e. The van der Waals surface area contributed by atoms with Crippen molar-refractivity contribution in [2.24, 2.45) is 0 Å². The standard InChI is InChI=1S/C18H19N3O4/c22-16-6-5-13(20-21-16)17(23)19-14-11-18(7-9-24-10-8-18)25-15-4-2-1-3-12(14)15/h1-6,14H,7-11H2,(H,19,23)(H,21,22)/t14-/m1/s1. The van der Waals surface area contributed by atoms with Crippen LogP contribution in [0, 0.1) is 0 Å². The predicted molar refractivity (Wildman–Crippen MR) is 89.5 cm³/mol. The molecule has 4 rings (SSSR count). The number of benzene rings is 1. The van der Waals surface area contributed by atoms with E-state index in [4.69, 9.17) is 9.47 Å². The number of H-pyrrole nitrogens is 1. The Labute approximate surface area is 144 Å². The second-order valence-corrected chi connectivity index (χ2v) is 6.47. The van der Waals surface area contributed by atoms with Crippen molar-refractivity contribution < 1.29 is 14.3 Å². The van der Waals surface area contributed by atoms with Crippen molar-refractivity contribution >= 4 is 5.91 Å². The van der Waals surface area contributed by atoms with Gasteiger partial charge >= 0.3 is 0 Å². The van der Waals surface area contributed by atoms with Gasteiger partial charge in [0.05, 0.1) is 19.3 Å². The van der Waals surface area contributed by atoms with Crippen LogP contribution in [-0.2, 0) is 4.74 Å². The fraction of sp³-hybridized carbons (Fsp3) is 0.389. The van der Waals surface area contributed by atoms with E-state index >= 15 is 0 Å². The van der Waals surface area contributed by atoms with Crippen molar-refractivity contribution in [3.05, 3.63) is 58.0 Å². The molecule has 0 aliphatic carbocycles. The van der Waals surface area contributed by atoms with Gasteiger partial charge in [-0.1, -0.05) is 18.2 Å². The number of para-hydroxylation sites is 1. The van der Waals surface area contributed by atoms with Gasteiger partial charge in [-0.05, 0) is 12.1 Å². The molecule has 1 spiro atoms. The van der Waals surface area contributed by atoms with E-state index in [-0.39, 0.29) is 28.8 Å². The van der Waals surface area contributed by atoms with Crippen LogP contribution in [0.25, 0.3) is 0 Å². The number of fused-ring (bicyclic) bond motifs is 1. The number of carbonyl (C=O) groups is 1. The summed E-state index contributed by atoms with van der Waals surface area (Å²) in [5.74, 6) is 0.482. The first-order valence-electron chi connectivity index (χ1n) is 8.38. The Hall–Kier alpha value is -2.67. The molecule has 2 N–H and O–H groups in total. The molecule has 1 aromatic carbocycles. The van der Waals surface area contributed by atoms with Gasteiger partial charge in [-0.25, -0.2) is 5.10 Å². The van der Waals surface area contributed by atoms with Crippen molar-refractivity contribution in [3.63, 3.8) is 0 Å². The topological polar surface area (TPSA) is 93.3 Å². The summed E-state index contributed by atoms with van der Waals surface area (Å²) in [5.41, 5.74) is 0.485. The van der Waals surface area contributed by atoms with Crippen molar-refractivity contribution in [2.75, 3.05) is 13.2 Å². The van der Waals surface area contributed by atoms with Crippen LogP contribution in [0.3, 0.4) is 0 Å². The summed E-state index contributed by atoms with van der Waals surface area (Å²) in [6, 6.07) is 10.3. The molecule has 0 unspecified atom stereocenters. The van der Waals surface area contributed by atoms with E-state index < -0.39 is 0 Å². The molecule has 1 atom stereocenters. The Morgan fingerprint density at radius 1 is 1.20 bits per heavy atom. The highest BCUT2D eigenvalue weighted by atomic mass is 16.5. The Morgan fingerprint density at radius 2 is 2.00 bits per heavy atom. The number of rotatable bonds is 2. The highest BCUT2D eigenvalue weighted by Gasteiger charge is 2.42. The smallest absolute Gasteiger partial charge is 0.272 e. The van der Waals surface area contributed by atoms with Crippen molar-refractivity contribution in [1.29, 1.82) is 0 Å². The van der Waals surface area contributed by atoms with E-state index in [1.54, 1.807) is 0 Å². The molecule has 7 heteroatoms. The third-order valence-electron chi connectivity index (χ3n) is 4.82. The molecular formula is C18H19N3O4. The summed E-state index contributed by atoms with van der Waals surface area (Å²) in [6.07, 6.45) is 2.28. The second-order valence-electron chi connectivity index (χ2n) is 6.47. The van der Waals surface area contributed by atoms with E-state index in [2.05, 4.69) is 15.5 Å². The Balaban J connectivity index is 1.61. The number of ether oxygens (including phenoxy) is 2. The van der Waals surface area contributed by atoms with Gasteiger partial charge in [0.1, 0.15) is 17.0 Å². The second kappa shape index (κ2) is 6.33. The number of aromatic amines is 1. The van der Waals surface area contributed by atoms with Gasteiger partial charge in [-0.15, -0.1) is 0 Å². The van der Waals surface area contributed by atoms with Gasteiger partial charge in [-0.3, -0.25) is 9.59 Å². The van der Waals surface area contributed by atoms with Crippen LogP contribution in [0.2, 0.25) is 0 Å². The fourth-order valence-electron chi connectivity index (χ4n) is 3.50. The lowest BCUT2D eigenvalue weighted by molar-refractivity contribution is -0.0639. The van der Waals surface area contributed by atoms with Crippen LogP contribution in [0.5, 0.6) is 5.75 Å². The summed E-state index contributed by atoms with van der Waals surface area (Å²) < 4.78 is 11.8. The quantitative estimate of drug-likeness (QED) is 0.865. The first-order valence-corrected chi connectivity index (χ1v) is 8.38. The number of amides is 1. The molecule has 2 aliphatic heterocycles. The molecule has 2 aromatic rings. The molecule has 0 saturated carbocycles. The third-order valence-corrected chi connectivity index (χ3v) is 4.82. The maximum Gasteiger partial charge on any atom is 0.272 e. The molecule has 1 saturated heterocycles. The maximum atomic E-state index is 12.5. The SMILES string of the molecule is O=C(N[C@@H]1CC2(CCOCC2)Oc2ccccc21)c1ccc(=O)[nH]n1. The predicted octanol–water partition coefficient (Wildman–Crippen LogP) is 1.57. The lowest BCUT2D eigenvalue weighted by Gasteiger charge is -2.44. The first kappa shape index (κ1) is 15.8. The molecular weight excluding hydrogens is 322 g/mol. The summed E-state index contributed by atoms with van der Waals surface area (Å²) in [7, 11) is 0. The molecule has 1 aromatic heterocycles. The van der Waals surface area contributed by atoms with E-state index in [0.29, 0.717) is 19.6 Å². The average molecular weight is 341 g/mol. The molecule has 2 aliphatic rings. The summed E-state index contributed by atoms with van der Waals surface area (Å²) in [5, 5.41) is 9.13. The minimum atomic E-state index is -0.339. The molecule has 1 amide bonds. The van der Waals surface area contributed by atoms with Gasteiger partial charge in [0.2, 0.25) is 0 Å². The number of carbonyl (C=O) groups excluding carboxylic acids is 1. The zero-order valence-corrected chi connectivity index (χ0v) is 13.7. The molecule has 0 radical (unpaired) electrons. The zero-order valence-electron chi connectivity index (χ0n) is 13.7. The molecule has 3 heterocycles. The number of hydrogen-bond acceptors (Lipinski definition) is 5. The molecule has 7 nitrogen and oxygen atoms in total. The van der Waals surface area contributed by atoms with Crippen LogP contribution in [-0.4, -0.2) is 34.9 Å². The van der Waals surface area contributed by atoms with Crippen molar-refractivity contribution in [1.82, 2.24) is 15.5 Å². The summed E-state index contributed by atoms with van der Waals surface area (Å²) >= 11 is 0. The molecule has 25 heavy (non-hydrogen) atoms. The minimum absolute atomic E-state index is 0.177. The van der Waals surface area contributed by atoms with E-state index in [1.807, 2.05) is 24.3 Å². The summed E-state index contributed by atoms with van der Waals surface area (Å²) in [6.45, 7) is 1.31. The molecule has 130 valence electrons. The van der Waals surface area contributed by atoms with Crippen LogP contribution in [0.4, 0.5) is 0 Å². The zero-order chi connectivity index (χ0) is 17.3. The maximum absolute atomic E-state index is 12.5. The Bertz CT molecular complexity index is 822. The number of hydrogen-bond donors (Lipinski definition) is 2. The van der Waals surface area contributed by atoms with Crippen LogP contribution in [0.1, 0.15) is 41.4 Å². The molecule has 0 bridgehead atoms. The van der Waals surface area contributed by atoms with Gasteiger partial charge < -0.3 is 14.8 Å². The average Bonchev–Trinajstić information content (AvgIpc) is 2.63. The number of nitrogens with one attached hydrogen (secondary N) is 2. The first-order chi connectivity index (χ1) is 12.2. The number of nitrogens with zero attached hydrogens (tertiary/aromatic N) is 1.